The Bertz CT molecular complexity index is 640. The second-order valence-electron chi connectivity index (χ2n) is 5.10. The summed E-state index contributed by atoms with van der Waals surface area (Å²) in [6, 6.07) is 2.13. The fourth-order valence-electron chi connectivity index (χ4n) is 1.96. The molecule has 0 spiro atoms. The standard InChI is InChI=1S/C15H18N4O2S/c1-3-6-17-14(21)11(8-16)7-12-9-22-15(18-12)19(10(2)20)13-4-5-13/h7,9,13H,3-6H2,1-2H3,(H,17,21)/b11-7+. The molecular weight excluding hydrogens is 300 g/mol. The van der Waals surface area contributed by atoms with Crippen LogP contribution in [-0.4, -0.2) is 29.4 Å². The Kier molecular flexibility index (Phi) is 5.28. The zero-order valence-electron chi connectivity index (χ0n) is 12.6. The summed E-state index contributed by atoms with van der Waals surface area (Å²) in [5, 5.41) is 14.1. The van der Waals surface area contributed by atoms with E-state index in [1.54, 1.807) is 10.3 Å². The number of nitrogens with zero attached hydrogens (tertiary/aromatic N) is 3. The summed E-state index contributed by atoms with van der Waals surface area (Å²) in [4.78, 5) is 29.6. The van der Waals surface area contributed by atoms with Gasteiger partial charge in [0.25, 0.3) is 5.91 Å². The van der Waals surface area contributed by atoms with Crippen molar-refractivity contribution >= 4 is 34.4 Å². The fourth-order valence-corrected chi connectivity index (χ4v) is 2.86. The number of thiazole rings is 1. The highest BCUT2D eigenvalue weighted by Crippen LogP contribution is 2.33. The molecule has 1 aromatic rings. The Labute approximate surface area is 133 Å². The van der Waals surface area contributed by atoms with Crippen LogP contribution in [0.3, 0.4) is 0 Å². The van der Waals surface area contributed by atoms with Crippen molar-refractivity contribution in [2.75, 3.05) is 11.4 Å². The van der Waals surface area contributed by atoms with E-state index < -0.39 is 5.91 Å². The van der Waals surface area contributed by atoms with E-state index in [4.69, 9.17) is 5.26 Å². The quantitative estimate of drug-likeness (QED) is 0.643. The van der Waals surface area contributed by atoms with Gasteiger partial charge in [-0.15, -0.1) is 11.3 Å². The molecule has 0 aromatic carbocycles. The third-order valence-electron chi connectivity index (χ3n) is 3.16. The van der Waals surface area contributed by atoms with Crippen LogP contribution in [0.2, 0.25) is 0 Å². The van der Waals surface area contributed by atoms with Crippen LogP contribution >= 0.6 is 11.3 Å². The van der Waals surface area contributed by atoms with Crippen LogP contribution in [0.15, 0.2) is 11.0 Å². The smallest absolute Gasteiger partial charge is 0.262 e. The van der Waals surface area contributed by atoms with Crippen LogP contribution in [0.4, 0.5) is 5.13 Å². The third-order valence-corrected chi connectivity index (χ3v) is 4.02. The molecule has 1 fully saturated rings. The van der Waals surface area contributed by atoms with Crippen molar-refractivity contribution in [2.24, 2.45) is 0 Å². The number of amides is 2. The van der Waals surface area contributed by atoms with Gasteiger partial charge in [0.05, 0.1) is 5.69 Å². The number of carbonyl (C=O) groups excluding carboxylic acids is 2. The van der Waals surface area contributed by atoms with Crippen LogP contribution < -0.4 is 10.2 Å². The van der Waals surface area contributed by atoms with Crippen LogP contribution in [0.1, 0.15) is 38.8 Å². The maximum atomic E-state index is 11.8. The number of nitriles is 1. The molecule has 2 rings (SSSR count). The SMILES string of the molecule is CCCNC(=O)/C(C#N)=C/c1csc(N(C(C)=O)C2CC2)n1. The molecule has 7 heteroatoms. The molecule has 0 atom stereocenters. The van der Waals surface area contributed by atoms with Gasteiger partial charge in [-0.3, -0.25) is 14.5 Å². The highest BCUT2D eigenvalue weighted by Gasteiger charge is 2.33. The Hall–Kier alpha value is -2.20. The lowest BCUT2D eigenvalue weighted by atomic mass is 10.2. The largest absolute Gasteiger partial charge is 0.351 e. The molecule has 22 heavy (non-hydrogen) atoms. The molecule has 0 aliphatic heterocycles. The molecular formula is C15H18N4O2S. The lowest BCUT2D eigenvalue weighted by Crippen LogP contribution is -2.30. The Morgan fingerprint density at radius 2 is 2.32 bits per heavy atom. The molecule has 2 amide bonds. The predicted molar refractivity (Wildman–Crippen MR) is 85.2 cm³/mol. The van der Waals surface area contributed by atoms with E-state index >= 15 is 0 Å². The minimum atomic E-state index is -0.399. The van der Waals surface area contributed by atoms with Gasteiger partial charge in [0, 0.05) is 24.9 Å². The van der Waals surface area contributed by atoms with Crippen molar-refractivity contribution in [2.45, 2.75) is 39.2 Å². The summed E-state index contributed by atoms with van der Waals surface area (Å²) in [7, 11) is 0. The molecule has 1 N–H and O–H groups in total. The van der Waals surface area contributed by atoms with Crippen LogP contribution in [-0.2, 0) is 9.59 Å². The molecule has 1 heterocycles. The van der Waals surface area contributed by atoms with Crippen LogP contribution in [0.5, 0.6) is 0 Å². The summed E-state index contributed by atoms with van der Waals surface area (Å²) in [6.07, 6.45) is 4.25. The lowest BCUT2D eigenvalue weighted by molar-refractivity contribution is -0.117. The van der Waals surface area contributed by atoms with Gasteiger partial charge in [-0.2, -0.15) is 5.26 Å². The second kappa shape index (κ2) is 7.18. The highest BCUT2D eigenvalue weighted by atomic mass is 32.1. The zero-order chi connectivity index (χ0) is 16.1. The van der Waals surface area contributed by atoms with Gasteiger partial charge in [0.2, 0.25) is 5.91 Å². The van der Waals surface area contributed by atoms with Crippen molar-refractivity contribution < 1.29 is 9.59 Å². The van der Waals surface area contributed by atoms with E-state index in [0.717, 1.165) is 19.3 Å². The predicted octanol–water partition coefficient (Wildman–Crippen LogP) is 2.09. The molecule has 0 radical (unpaired) electrons. The van der Waals surface area contributed by atoms with Crippen molar-refractivity contribution in [1.29, 1.82) is 5.26 Å². The third kappa shape index (κ3) is 3.92. The number of aromatic nitrogens is 1. The van der Waals surface area contributed by atoms with Gasteiger partial charge in [0.15, 0.2) is 5.13 Å². The average Bonchev–Trinajstić information content (AvgIpc) is 3.21. The molecule has 0 saturated heterocycles. The number of anilines is 1. The summed E-state index contributed by atoms with van der Waals surface area (Å²) >= 11 is 1.34. The lowest BCUT2D eigenvalue weighted by Gasteiger charge is -2.16. The average molecular weight is 318 g/mol. The summed E-state index contributed by atoms with van der Waals surface area (Å²) < 4.78 is 0. The van der Waals surface area contributed by atoms with Gasteiger partial charge in [0.1, 0.15) is 11.6 Å². The van der Waals surface area contributed by atoms with E-state index in [9.17, 15) is 9.59 Å². The van der Waals surface area contributed by atoms with Crippen molar-refractivity contribution in [3.8, 4) is 6.07 Å². The van der Waals surface area contributed by atoms with E-state index in [2.05, 4.69) is 10.3 Å². The summed E-state index contributed by atoms with van der Waals surface area (Å²) in [5.74, 6) is -0.432. The van der Waals surface area contributed by atoms with E-state index in [0.29, 0.717) is 17.4 Å². The van der Waals surface area contributed by atoms with E-state index in [1.807, 2.05) is 13.0 Å². The van der Waals surface area contributed by atoms with E-state index in [-0.39, 0.29) is 17.5 Å². The van der Waals surface area contributed by atoms with Crippen LogP contribution in [0.25, 0.3) is 6.08 Å². The van der Waals surface area contributed by atoms with Gasteiger partial charge in [-0.05, 0) is 25.3 Å². The highest BCUT2D eigenvalue weighted by molar-refractivity contribution is 7.14. The Morgan fingerprint density at radius 3 is 2.86 bits per heavy atom. The first kappa shape index (κ1) is 16.2. The Morgan fingerprint density at radius 1 is 1.59 bits per heavy atom. The maximum Gasteiger partial charge on any atom is 0.262 e. The number of nitrogens with one attached hydrogen (secondary N) is 1. The minimum absolute atomic E-state index is 0.0195. The van der Waals surface area contributed by atoms with E-state index in [1.165, 1.54) is 24.3 Å². The van der Waals surface area contributed by atoms with Crippen molar-refractivity contribution in [3.05, 3.63) is 16.6 Å². The molecule has 1 aliphatic rings. The van der Waals surface area contributed by atoms with Gasteiger partial charge >= 0.3 is 0 Å². The molecule has 6 nitrogen and oxygen atoms in total. The fraction of sp³-hybridized carbons (Fsp3) is 0.467. The first-order chi connectivity index (χ1) is 10.6. The number of carbonyl (C=O) groups is 2. The summed E-state index contributed by atoms with van der Waals surface area (Å²) in [5.41, 5.74) is 0.543. The molecule has 0 unspecified atom stereocenters. The van der Waals surface area contributed by atoms with Crippen molar-refractivity contribution in [3.63, 3.8) is 0 Å². The summed E-state index contributed by atoms with van der Waals surface area (Å²) in [6.45, 7) is 3.99. The molecule has 0 bridgehead atoms. The van der Waals surface area contributed by atoms with Gasteiger partial charge in [-0.25, -0.2) is 4.98 Å². The van der Waals surface area contributed by atoms with Crippen molar-refractivity contribution in [1.82, 2.24) is 10.3 Å². The Balaban J connectivity index is 2.16. The molecule has 1 aromatic heterocycles. The molecule has 1 aliphatic carbocycles. The van der Waals surface area contributed by atoms with Crippen LogP contribution in [0, 0.1) is 11.3 Å². The zero-order valence-corrected chi connectivity index (χ0v) is 13.4. The first-order valence-electron chi connectivity index (χ1n) is 7.22. The number of hydrogen-bond donors (Lipinski definition) is 1. The van der Waals surface area contributed by atoms with Gasteiger partial charge in [-0.1, -0.05) is 6.92 Å². The van der Waals surface area contributed by atoms with Gasteiger partial charge < -0.3 is 5.32 Å². The first-order valence-corrected chi connectivity index (χ1v) is 8.10. The molecule has 116 valence electrons. The normalized spacial score (nSPS) is 14.3. The number of rotatable bonds is 6. The topological polar surface area (TPSA) is 86.1 Å². The minimum Gasteiger partial charge on any atom is -0.351 e. The molecule has 1 saturated carbocycles. The monoisotopic (exact) mass is 318 g/mol. The second-order valence-corrected chi connectivity index (χ2v) is 5.94. The maximum absolute atomic E-state index is 11.8. The number of hydrogen-bond acceptors (Lipinski definition) is 5.